The van der Waals surface area contributed by atoms with E-state index in [-0.39, 0.29) is 28.5 Å². The Morgan fingerprint density at radius 3 is 2.95 bits per heavy atom. The average Bonchev–Trinajstić information content (AvgIpc) is 2.26. The number of nitrogens with zero attached hydrogens (tertiary/aromatic N) is 1. The van der Waals surface area contributed by atoms with Gasteiger partial charge in [0.2, 0.25) is 0 Å². The van der Waals surface area contributed by atoms with Crippen LogP contribution in [0.1, 0.15) is 37.0 Å². The van der Waals surface area contributed by atoms with Crippen molar-refractivity contribution >= 4 is 23.3 Å². The highest BCUT2D eigenvalue weighted by Gasteiger charge is 2.29. The number of nitrogens with two attached hydrogens (primary N) is 1. The fraction of sp³-hybridized carbons (Fsp3) is 0.538. The van der Waals surface area contributed by atoms with Gasteiger partial charge in [0.1, 0.15) is 11.0 Å². The van der Waals surface area contributed by atoms with E-state index in [2.05, 4.69) is 10.3 Å². The van der Waals surface area contributed by atoms with Gasteiger partial charge in [-0.05, 0) is 38.8 Å². The third kappa shape index (κ3) is 3.81. The normalized spacial score (nSPS) is 21.9. The van der Waals surface area contributed by atoms with E-state index < -0.39 is 0 Å². The van der Waals surface area contributed by atoms with Crippen molar-refractivity contribution < 1.29 is 9.53 Å². The number of anilines is 1. The molecule has 1 amide bonds. The minimum Gasteiger partial charge on any atom is -0.384 e. The van der Waals surface area contributed by atoms with Gasteiger partial charge in [-0.25, -0.2) is 4.98 Å². The van der Waals surface area contributed by atoms with Crippen LogP contribution < -0.4 is 11.1 Å². The Bertz CT molecular complexity index is 471. The molecule has 3 N–H and O–H groups in total. The topological polar surface area (TPSA) is 77.2 Å². The van der Waals surface area contributed by atoms with Crippen LogP contribution in [0, 0.1) is 0 Å². The highest BCUT2D eigenvalue weighted by atomic mass is 35.5. The number of hydrogen-bond donors (Lipinski definition) is 2. The number of hydrogen-bond acceptors (Lipinski definition) is 4. The predicted molar refractivity (Wildman–Crippen MR) is 74.2 cm³/mol. The van der Waals surface area contributed by atoms with Crippen molar-refractivity contribution in [2.45, 2.75) is 38.3 Å². The predicted octanol–water partition coefficient (Wildman–Crippen LogP) is 2.00. The van der Waals surface area contributed by atoms with Crippen LogP contribution in [-0.2, 0) is 4.74 Å². The van der Waals surface area contributed by atoms with E-state index >= 15 is 0 Å². The molecule has 1 aliphatic heterocycles. The van der Waals surface area contributed by atoms with E-state index in [1.807, 2.05) is 13.8 Å². The molecule has 1 fully saturated rings. The van der Waals surface area contributed by atoms with Gasteiger partial charge in [-0.3, -0.25) is 4.79 Å². The Balaban J connectivity index is 2.04. The van der Waals surface area contributed by atoms with Crippen molar-refractivity contribution in [3.63, 3.8) is 0 Å². The van der Waals surface area contributed by atoms with Crippen molar-refractivity contribution in [1.29, 1.82) is 0 Å². The fourth-order valence-electron chi connectivity index (χ4n) is 2.27. The van der Waals surface area contributed by atoms with Gasteiger partial charge in [-0.2, -0.15) is 0 Å². The van der Waals surface area contributed by atoms with Crippen LogP contribution >= 0.6 is 11.6 Å². The number of carbonyl (C=O) groups excluding carboxylic acids is 1. The first-order valence-electron chi connectivity index (χ1n) is 6.24. The zero-order valence-electron chi connectivity index (χ0n) is 11.1. The molecule has 0 aromatic carbocycles. The smallest absolute Gasteiger partial charge is 0.251 e. The van der Waals surface area contributed by atoms with E-state index in [1.165, 1.54) is 12.1 Å². The monoisotopic (exact) mass is 283 g/mol. The second-order valence-corrected chi connectivity index (χ2v) is 5.76. The fourth-order valence-corrected chi connectivity index (χ4v) is 2.49. The zero-order chi connectivity index (χ0) is 14.0. The Labute approximate surface area is 117 Å². The molecule has 0 bridgehead atoms. The van der Waals surface area contributed by atoms with Gasteiger partial charge in [0.25, 0.3) is 5.91 Å². The Morgan fingerprint density at radius 2 is 2.32 bits per heavy atom. The zero-order valence-corrected chi connectivity index (χ0v) is 11.8. The Kier molecular flexibility index (Phi) is 3.96. The summed E-state index contributed by atoms with van der Waals surface area (Å²) in [5.41, 5.74) is 5.81. The highest BCUT2D eigenvalue weighted by Crippen LogP contribution is 2.24. The molecule has 1 aliphatic rings. The standard InChI is InChI=1S/C13H18ClN3O2/c1-13(2)7-9(3-4-19-13)16-12(18)8-5-10(14)17-11(15)6-8/h5-6,9H,3-4,7H2,1-2H3,(H2,15,17)(H,16,18). The van der Waals surface area contributed by atoms with Gasteiger partial charge < -0.3 is 15.8 Å². The molecule has 1 saturated heterocycles. The lowest BCUT2D eigenvalue weighted by molar-refractivity contribution is -0.0615. The van der Waals surface area contributed by atoms with E-state index in [0.29, 0.717) is 12.2 Å². The first-order valence-corrected chi connectivity index (χ1v) is 6.61. The molecule has 1 aromatic rings. The van der Waals surface area contributed by atoms with E-state index in [1.54, 1.807) is 0 Å². The Morgan fingerprint density at radius 1 is 1.58 bits per heavy atom. The van der Waals surface area contributed by atoms with Crippen LogP contribution in [0.3, 0.4) is 0 Å². The van der Waals surface area contributed by atoms with E-state index in [9.17, 15) is 4.79 Å². The molecule has 1 atom stereocenters. The molecular formula is C13H18ClN3O2. The van der Waals surface area contributed by atoms with Crippen LogP contribution in [0.5, 0.6) is 0 Å². The molecule has 19 heavy (non-hydrogen) atoms. The summed E-state index contributed by atoms with van der Waals surface area (Å²) in [5.74, 6) is 0.0589. The third-order valence-electron chi connectivity index (χ3n) is 3.11. The lowest BCUT2D eigenvalue weighted by Crippen LogP contribution is -2.45. The third-order valence-corrected chi connectivity index (χ3v) is 3.30. The molecule has 0 saturated carbocycles. The van der Waals surface area contributed by atoms with Crippen molar-refractivity contribution in [3.05, 3.63) is 22.8 Å². The number of pyridine rings is 1. The molecule has 2 rings (SSSR count). The summed E-state index contributed by atoms with van der Waals surface area (Å²) in [5, 5.41) is 3.20. The summed E-state index contributed by atoms with van der Waals surface area (Å²) in [6.07, 6.45) is 1.59. The molecule has 1 unspecified atom stereocenters. The molecule has 1 aromatic heterocycles. The van der Waals surface area contributed by atoms with Gasteiger partial charge in [0.05, 0.1) is 5.60 Å². The maximum Gasteiger partial charge on any atom is 0.251 e. The molecule has 0 spiro atoms. The largest absolute Gasteiger partial charge is 0.384 e. The van der Waals surface area contributed by atoms with Crippen molar-refractivity contribution in [3.8, 4) is 0 Å². The first-order chi connectivity index (χ1) is 8.85. The molecule has 6 heteroatoms. The summed E-state index contributed by atoms with van der Waals surface area (Å²) in [7, 11) is 0. The quantitative estimate of drug-likeness (QED) is 0.814. The van der Waals surface area contributed by atoms with Crippen molar-refractivity contribution in [2.75, 3.05) is 12.3 Å². The lowest BCUT2D eigenvalue weighted by Gasteiger charge is -2.35. The molecular weight excluding hydrogens is 266 g/mol. The summed E-state index contributed by atoms with van der Waals surface area (Å²) >= 11 is 5.79. The minimum atomic E-state index is -0.203. The van der Waals surface area contributed by atoms with Crippen molar-refractivity contribution in [2.24, 2.45) is 0 Å². The number of nitrogens with one attached hydrogen (secondary N) is 1. The molecule has 104 valence electrons. The number of halogens is 1. The SMILES string of the molecule is CC1(C)CC(NC(=O)c2cc(N)nc(Cl)c2)CCO1. The van der Waals surface area contributed by atoms with Gasteiger partial charge in [0.15, 0.2) is 0 Å². The van der Waals surface area contributed by atoms with Crippen molar-refractivity contribution in [1.82, 2.24) is 10.3 Å². The second-order valence-electron chi connectivity index (χ2n) is 5.37. The van der Waals surface area contributed by atoms with Crippen LogP contribution in [0.4, 0.5) is 5.82 Å². The number of amides is 1. The summed E-state index contributed by atoms with van der Waals surface area (Å²) in [4.78, 5) is 16.0. The maximum atomic E-state index is 12.1. The first kappa shape index (κ1) is 14.1. The van der Waals surface area contributed by atoms with Crippen LogP contribution in [0.2, 0.25) is 5.15 Å². The second kappa shape index (κ2) is 5.35. The van der Waals surface area contributed by atoms with Crippen LogP contribution in [0.15, 0.2) is 12.1 Å². The van der Waals surface area contributed by atoms with Crippen LogP contribution in [0.25, 0.3) is 0 Å². The highest BCUT2D eigenvalue weighted by molar-refractivity contribution is 6.29. The number of rotatable bonds is 2. The summed E-state index contributed by atoms with van der Waals surface area (Å²) in [6, 6.07) is 3.13. The molecule has 0 aliphatic carbocycles. The lowest BCUT2D eigenvalue weighted by atomic mass is 9.94. The summed E-state index contributed by atoms with van der Waals surface area (Å²) in [6.45, 7) is 4.69. The molecule has 0 radical (unpaired) electrons. The summed E-state index contributed by atoms with van der Waals surface area (Å²) < 4.78 is 5.62. The number of aromatic nitrogens is 1. The van der Waals surface area contributed by atoms with Gasteiger partial charge in [-0.15, -0.1) is 0 Å². The average molecular weight is 284 g/mol. The number of ether oxygens (including phenoxy) is 1. The van der Waals surface area contributed by atoms with E-state index in [4.69, 9.17) is 22.1 Å². The number of carbonyl (C=O) groups is 1. The molecule has 5 nitrogen and oxygen atoms in total. The number of nitrogen functional groups attached to an aromatic ring is 1. The van der Waals surface area contributed by atoms with Crippen LogP contribution in [-0.4, -0.2) is 29.1 Å². The maximum absolute atomic E-state index is 12.1. The van der Waals surface area contributed by atoms with Gasteiger partial charge in [0, 0.05) is 18.2 Å². The molecule has 2 heterocycles. The van der Waals surface area contributed by atoms with Gasteiger partial charge in [-0.1, -0.05) is 11.6 Å². The minimum absolute atomic E-state index is 0.101. The van der Waals surface area contributed by atoms with Gasteiger partial charge >= 0.3 is 0 Å². The Hall–Kier alpha value is -1.33. The van der Waals surface area contributed by atoms with E-state index in [0.717, 1.165) is 12.8 Å².